The van der Waals surface area contributed by atoms with Gasteiger partial charge in [0.2, 0.25) is 0 Å². The Morgan fingerprint density at radius 1 is 0.511 bits per heavy atom. The number of hydrogen-bond donors (Lipinski definition) is 2. The normalized spacial score (nSPS) is 12.5. The fourth-order valence-electron chi connectivity index (χ4n) is 5.80. The van der Waals surface area contributed by atoms with Gasteiger partial charge in [-0.1, -0.05) is 187 Å². The lowest BCUT2D eigenvalue weighted by atomic mass is 10.0. The zero-order valence-electron chi connectivity index (χ0n) is 29.8. The van der Waals surface area contributed by atoms with Gasteiger partial charge < -0.3 is 19.3 Å². The van der Waals surface area contributed by atoms with Crippen LogP contribution in [0, 0.1) is 0 Å². The Kier molecular flexibility index (Phi) is 34.5. The fraction of sp³-hybridized carbons (Fsp3) is 0.973. The molecule has 7 nitrogen and oxygen atoms in total. The number of hydrogen-bond acceptors (Lipinski definition) is 5. The lowest BCUT2D eigenvalue weighted by Gasteiger charge is -2.18. The van der Waals surface area contributed by atoms with E-state index < -0.39 is 13.9 Å². The molecule has 0 aromatic rings. The van der Waals surface area contributed by atoms with Crippen LogP contribution in [0.4, 0.5) is 0 Å². The molecule has 0 rings (SSSR count). The Hall–Kier alpha value is -0.460. The average Bonchev–Trinajstić information content (AvgIpc) is 3.01. The summed E-state index contributed by atoms with van der Waals surface area (Å²) in [6.07, 6.45) is 36.6. The topological polar surface area (TPSA) is 102 Å². The van der Waals surface area contributed by atoms with Crippen molar-refractivity contribution in [3.63, 3.8) is 0 Å². The van der Waals surface area contributed by atoms with Gasteiger partial charge in [-0.2, -0.15) is 0 Å². The third-order valence-corrected chi connectivity index (χ3v) is 9.14. The van der Waals surface area contributed by atoms with Gasteiger partial charge in [-0.3, -0.25) is 9.32 Å². The van der Waals surface area contributed by atoms with Crippen molar-refractivity contribution < 1.29 is 33.1 Å². The van der Waals surface area contributed by atoms with Crippen molar-refractivity contribution in [2.24, 2.45) is 0 Å². The maximum absolute atomic E-state index is 12.4. The van der Waals surface area contributed by atoms with Crippen LogP contribution in [-0.4, -0.2) is 41.7 Å². The van der Waals surface area contributed by atoms with Crippen LogP contribution in [0.5, 0.6) is 0 Å². The first-order chi connectivity index (χ1) is 21.9. The number of carbonyl (C=O) groups is 1. The van der Waals surface area contributed by atoms with Crippen molar-refractivity contribution >= 4 is 13.8 Å². The van der Waals surface area contributed by atoms with Gasteiger partial charge in [0.05, 0.1) is 13.2 Å². The number of rotatable bonds is 37. The molecule has 0 aromatic heterocycles. The van der Waals surface area contributed by atoms with E-state index in [0.717, 1.165) is 32.1 Å². The molecular weight excluding hydrogens is 587 g/mol. The minimum absolute atomic E-state index is 0.0864. The van der Waals surface area contributed by atoms with Crippen molar-refractivity contribution in [2.75, 3.05) is 19.8 Å². The first-order valence-corrected chi connectivity index (χ1v) is 20.9. The van der Waals surface area contributed by atoms with Gasteiger partial charge in [0.25, 0.3) is 0 Å². The summed E-state index contributed by atoms with van der Waals surface area (Å²) in [4.78, 5) is 30.5. The smallest absolute Gasteiger partial charge is 0.457 e. The molecule has 8 heteroatoms. The quantitative estimate of drug-likeness (QED) is 0.0387. The number of carbonyl (C=O) groups excluding carboxylic acids is 1. The SMILES string of the molecule is CCCCCCCCCCCCCCCCCC(=O)O[C@H](COCCCCCCCCCCCCCCCC)COP(=O)(O)O. The Morgan fingerprint density at radius 3 is 1.20 bits per heavy atom. The molecule has 0 radical (unpaired) electrons. The first-order valence-electron chi connectivity index (χ1n) is 19.4. The average molecular weight is 663 g/mol. The molecular formula is C37H75O7P. The predicted octanol–water partition coefficient (Wildman–Crippen LogP) is 11.8. The van der Waals surface area contributed by atoms with E-state index in [-0.39, 0.29) is 19.2 Å². The number of unbranched alkanes of at least 4 members (excludes halogenated alkanes) is 27. The van der Waals surface area contributed by atoms with Crippen LogP contribution < -0.4 is 0 Å². The molecule has 0 aliphatic heterocycles. The number of phosphoric ester groups is 1. The summed E-state index contributed by atoms with van der Waals surface area (Å²) in [5, 5.41) is 0. The minimum Gasteiger partial charge on any atom is -0.457 e. The molecule has 2 N–H and O–H groups in total. The van der Waals surface area contributed by atoms with E-state index in [1.165, 1.54) is 154 Å². The monoisotopic (exact) mass is 663 g/mol. The van der Waals surface area contributed by atoms with Crippen LogP contribution in [0.1, 0.15) is 206 Å². The van der Waals surface area contributed by atoms with E-state index in [0.29, 0.717) is 13.0 Å². The number of phosphoric acid groups is 1. The van der Waals surface area contributed by atoms with Gasteiger partial charge in [-0.15, -0.1) is 0 Å². The highest BCUT2D eigenvalue weighted by Crippen LogP contribution is 2.36. The highest BCUT2D eigenvalue weighted by molar-refractivity contribution is 7.46. The van der Waals surface area contributed by atoms with Crippen LogP contribution in [0.25, 0.3) is 0 Å². The zero-order chi connectivity index (χ0) is 33.1. The summed E-state index contributed by atoms with van der Waals surface area (Å²) in [6, 6.07) is 0. The van der Waals surface area contributed by atoms with E-state index in [1.54, 1.807) is 0 Å². The van der Waals surface area contributed by atoms with E-state index in [1.807, 2.05) is 0 Å². The third kappa shape index (κ3) is 37.9. The van der Waals surface area contributed by atoms with Crippen molar-refractivity contribution in [1.82, 2.24) is 0 Å². The number of esters is 1. The van der Waals surface area contributed by atoms with Crippen LogP contribution in [0.15, 0.2) is 0 Å². The van der Waals surface area contributed by atoms with Gasteiger partial charge in [-0.05, 0) is 12.8 Å². The van der Waals surface area contributed by atoms with Crippen LogP contribution in [-0.2, 0) is 23.4 Å². The lowest BCUT2D eigenvalue weighted by molar-refractivity contribution is -0.154. The highest BCUT2D eigenvalue weighted by atomic mass is 31.2. The standard InChI is InChI=1S/C37H75O7P/c1-3-5-7-9-11-13-15-17-19-20-22-24-26-28-30-32-37(38)44-36(35-43-45(39,40)41)34-42-33-31-29-27-25-23-21-18-16-14-12-10-8-6-4-2/h36H,3-35H2,1-2H3,(H2,39,40,41)/t36-/m1/s1. The fourth-order valence-corrected chi connectivity index (χ4v) is 6.16. The molecule has 1 atom stereocenters. The van der Waals surface area contributed by atoms with Gasteiger partial charge in [0.1, 0.15) is 6.10 Å². The summed E-state index contributed by atoms with van der Waals surface area (Å²) < 4.78 is 26.9. The summed E-state index contributed by atoms with van der Waals surface area (Å²) in [7, 11) is -4.64. The molecule has 0 saturated heterocycles. The van der Waals surface area contributed by atoms with Gasteiger partial charge >= 0.3 is 13.8 Å². The number of ether oxygens (including phenoxy) is 2. The van der Waals surface area contributed by atoms with Gasteiger partial charge in [0.15, 0.2) is 0 Å². The van der Waals surface area contributed by atoms with E-state index in [2.05, 4.69) is 18.4 Å². The summed E-state index contributed by atoms with van der Waals surface area (Å²) in [6.45, 7) is 4.79. The van der Waals surface area contributed by atoms with Crippen molar-refractivity contribution in [3.05, 3.63) is 0 Å². The molecule has 0 amide bonds. The maximum Gasteiger partial charge on any atom is 0.469 e. The molecule has 0 unspecified atom stereocenters. The zero-order valence-corrected chi connectivity index (χ0v) is 30.7. The van der Waals surface area contributed by atoms with Crippen LogP contribution >= 0.6 is 7.82 Å². The van der Waals surface area contributed by atoms with Crippen LogP contribution in [0.3, 0.4) is 0 Å². The summed E-state index contributed by atoms with van der Waals surface area (Å²) in [5.74, 6) is -0.357. The summed E-state index contributed by atoms with van der Waals surface area (Å²) in [5.41, 5.74) is 0. The first kappa shape index (κ1) is 44.5. The largest absolute Gasteiger partial charge is 0.469 e. The lowest BCUT2D eigenvalue weighted by Crippen LogP contribution is -2.28. The predicted molar refractivity (Wildman–Crippen MR) is 189 cm³/mol. The van der Waals surface area contributed by atoms with Gasteiger partial charge in [0, 0.05) is 13.0 Å². The Bertz CT molecular complexity index is 655. The van der Waals surface area contributed by atoms with E-state index in [9.17, 15) is 9.36 Å². The van der Waals surface area contributed by atoms with Gasteiger partial charge in [-0.25, -0.2) is 4.57 Å². The molecule has 0 fully saturated rings. The Balaban J connectivity index is 3.77. The molecule has 0 spiro atoms. The highest BCUT2D eigenvalue weighted by Gasteiger charge is 2.21. The maximum atomic E-state index is 12.4. The van der Waals surface area contributed by atoms with Crippen molar-refractivity contribution in [2.45, 2.75) is 213 Å². The van der Waals surface area contributed by atoms with Crippen LogP contribution in [0.2, 0.25) is 0 Å². The van der Waals surface area contributed by atoms with Crippen molar-refractivity contribution in [1.29, 1.82) is 0 Å². The molecule has 0 aliphatic rings. The summed E-state index contributed by atoms with van der Waals surface area (Å²) >= 11 is 0. The van der Waals surface area contributed by atoms with Crippen molar-refractivity contribution in [3.8, 4) is 0 Å². The second-order valence-electron chi connectivity index (χ2n) is 13.3. The Morgan fingerprint density at radius 2 is 0.844 bits per heavy atom. The second-order valence-corrected chi connectivity index (χ2v) is 14.5. The molecule has 45 heavy (non-hydrogen) atoms. The van der Waals surface area contributed by atoms with E-state index >= 15 is 0 Å². The molecule has 0 saturated carbocycles. The molecule has 270 valence electrons. The van der Waals surface area contributed by atoms with E-state index in [4.69, 9.17) is 19.3 Å². The molecule has 0 heterocycles. The minimum atomic E-state index is -4.64. The second kappa shape index (κ2) is 34.9. The molecule has 0 aromatic carbocycles. The Labute approximate surface area is 279 Å². The third-order valence-electron chi connectivity index (χ3n) is 8.66. The molecule has 0 aliphatic carbocycles. The molecule has 0 bridgehead atoms.